The highest BCUT2D eigenvalue weighted by atomic mass is 32.1. The lowest BCUT2D eigenvalue weighted by Gasteiger charge is -2.26. The fraction of sp³-hybridized carbons (Fsp3) is 0.429. The largest absolute Gasteiger partial charge is 0.393 e. The van der Waals surface area contributed by atoms with E-state index in [0.717, 1.165) is 37.1 Å². The number of rotatable bonds is 6. The summed E-state index contributed by atoms with van der Waals surface area (Å²) in [6.07, 6.45) is -0.626. The molecule has 2 aromatic heterocycles. The van der Waals surface area contributed by atoms with Gasteiger partial charge in [0, 0.05) is 30.6 Å². The van der Waals surface area contributed by atoms with Gasteiger partial charge in [-0.3, -0.25) is 0 Å². The van der Waals surface area contributed by atoms with Gasteiger partial charge in [0.05, 0.1) is 11.8 Å². The first kappa shape index (κ1) is 20.1. The second kappa shape index (κ2) is 8.28. The van der Waals surface area contributed by atoms with E-state index in [1.165, 1.54) is 11.9 Å². The zero-order valence-electron chi connectivity index (χ0n) is 16.1. The van der Waals surface area contributed by atoms with E-state index in [2.05, 4.69) is 32.3 Å². The average molecular weight is 421 g/mol. The summed E-state index contributed by atoms with van der Waals surface area (Å²) in [7, 11) is 1.98. The van der Waals surface area contributed by atoms with Gasteiger partial charge in [0.25, 0.3) is 0 Å². The van der Waals surface area contributed by atoms with E-state index in [1.807, 2.05) is 25.2 Å². The van der Waals surface area contributed by atoms with Gasteiger partial charge in [-0.1, -0.05) is 30.3 Å². The summed E-state index contributed by atoms with van der Waals surface area (Å²) in [6, 6.07) is 12.6. The monoisotopic (exact) mass is 420 g/mol. The van der Waals surface area contributed by atoms with Gasteiger partial charge < -0.3 is 10.2 Å². The predicted octanol–water partition coefficient (Wildman–Crippen LogP) is 4.94. The Labute approximate surface area is 171 Å². The van der Waals surface area contributed by atoms with E-state index in [1.54, 1.807) is 6.07 Å². The smallest absolute Gasteiger partial charge is 0.356 e. The van der Waals surface area contributed by atoms with E-state index in [9.17, 15) is 13.2 Å². The fourth-order valence-corrected chi connectivity index (χ4v) is 5.01. The number of aromatic nitrogens is 2. The highest BCUT2D eigenvalue weighted by Crippen LogP contribution is 2.35. The van der Waals surface area contributed by atoms with Crippen molar-refractivity contribution in [3.05, 3.63) is 53.2 Å². The summed E-state index contributed by atoms with van der Waals surface area (Å²) in [6.45, 7) is 0.838. The second-order valence-corrected chi connectivity index (χ2v) is 8.68. The summed E-state index contributed by atoms with van der Waals surface area (Å²) in [5, 5.41) is 4.33. The third-order valence-corrected chi connectivity index (χ3v) is 6.50. The van der Waals surface area contributed by atoms with Crippen LogP contribution in [0.1, 0.15) is 29.7 Å². The van der Waals surface area contributed by atoms with E-state index in [4.69, 9.17) is 0 Å². The minimum atomic E-state index is -4.22. The molecule has 2 atom stereocenters. The summed E-state index contributed by atoms with van der Waals surface area (Å²) < 4.78 is 38.3. The molecule has 2 heterocycles. The molecule has 0 spiro atoms. The number of fused-ring (bicyclic) bond motifs is 1. The quantitative estimate of drug-likeness (QED) is 0.613. The van der Waals surface area contributed by atoms with Crippen molar-refractivity contribution in [2.24, 2.45) is 0 Å². The number of nitrogens with zero attached hydrogens (tertiary/aromatic N) is 3. The van der Waals surface area contributed by atoms with Gasteiger partial charge in [0.1, 0.15) is 17.0 Å². The van der Waals surface area contributed by atoms with Crippen LogP contribution < -0.4 is 10.2 Å². The summed E-state index contributed by atoms with van der Waals surface area (Å²) in [5.74, 6) is 0.716. The Hall–Kier alpha value is -2.19. The predicted molar refractivity (Wildman–Crippen MR) is 110 cm³/mol. The first-order valence-electron chi connectivity index (χ1n) is 9.69. The molecule has 4 rings (SSSR count). The van der Waals surface area contributed by atoms with Crippen molar-refractivity contribution >= 4 is 27.4 Å². The number of hydrogen-bond donors (Lipinski definition) is 1. The SMILES string of the molecule is CN(c1ncnc2sc(CC(F)(F)F)cc12)C1CCC(NCc2ccccc2)C1. The average Bonchev–Trinajstić information content (AvgIpc) is 3.31. The maximum atomic E-state index is 12.8. The van der Waals surface area contributed by atoms with Crippen LogP contribution >= 0.6 is 11.3 Å². The Bertz CT molecular complexity index is 957. The van der Waals surface area contributed by atoms with Gasteiger partial charge in [-0.05, 0) is 30.9 Å². The van der Waals surface area contributed by atoms with Crippen molar-refractivity contribution < 1.29 is 13.2 Å². The maximum absolute atomic E-state index is 12.8. The molecule has 2 unspecified atom stereocenters. The van der Waals surface area contributed by atoms with Crippen LogP contribution in [-0.4, -0.2) is 35.3 Å². The number of hydrogen-bond acceptors (Lipinski definition) is 5. The fourth-order valence-electron chi connectivity index (χ4n) is 3.98. The molecule has 1 N–H and O–H groups in total. The van der Waals surface area contributed by atoms with Crippen molar-refractivity contribution in [3.8, 4) is 0 Å². The molecule has 0 amide bonds. The molecule has 1 aliphatic rings. The summed E-state index contributed by atoms with van der Waals surface area (Å²) in [4.78, 5) is 11.6. The van der Waals surface area contributed by atoms with E-state index in [-0.39, 0.29) is 4.88 Å². The van der Waals surface area contributed by atoms with Crippen molar-refractivity contribution in [1.29, 1.82) is 0 Å². The second-order valence-electron chi connectivity index (χ2n) is 7.56. The van der Waals surface area contributed by atoms with Crippen molar-refractivity contribution in [2.45, 2.75) is 50.5 Å². The zero-order valence-corrected chi connectivity index (χ0v) is 16.9. The molecule has 1 aromatic carbocycles. The van der Waals surface area contributed by atoms with Crippen molar-refractivity contribution in [2.75, 3.05) is 11.9 Å². The highest BCUT2D eigenvalue weighted by Gasteiger charge is 2.31. The first-order chi connectivity index (χ1) is 13.9. The molecule has 0 radical (unpaired) electrons. The molecule has 0 saturated heterocycles. The lowest BCUT2D eigenvalue weighted by Crippen LogP contribution is -2.33. The molecule has 154 valence electrons. The molecule has 3 aromatic rings. The lowest BCUT2D eigenvalue weighted by atomic mass is 10.1. The van der Waals surface area contributed by atoms with Gasteiger partial charge in [0.2, 0.25) is 0 Å². The number of halogens is 3. The third kappa shape index (κ3) is 4.87. The molecule has 0 bridgehead atoms. The Morgan fingerprint density at radius 2 is 1.97 bits per heavy atom. The number of anilines is 1. The van der Waals surface area contributed by atoms with Gasteiger partial charge in [0.15, 0.2) is 0 Å². The number of benzene rings is 1. The molecule has 8 heteroatoms. The molecule has 0 aliphatic heterocycles. The lowest BCUT2D eigenvalue weighted by molar-refractivity contribution is -0.126. The van der Waals surface area contributed by atoms with Gasteiger partial charge in [-0.15, -0.1) is 11.3 Å². The summed E-state index contributed by atoms with van der Waals surface area (Å²) >= 11 is 1.09. The van der Waals surface area contributed by atoms with E-state index in [0.29, 0.717) is 28.1 Å². The standard InChI is InChI=1S/C21H23F3N4S/c1-28(16-8-7-15(9-16)25-12-14-5-3-2-4-6-14)19-18-10-17(11-21(22,23)24)29-20(18)27-13-26-19/h2-6,10,13,15-16,25H,7-9,11-12H2,1H3. The number of nitrogens with one attached hydrogen (secondary N) is 1. The van der Waals surface area contributed by atoms with Crippen LogP contribution in [0.2, 0.25) is 0 Å². The van der Waals surface area contributed by atoms with Gasteiger partial charge >= 0.3 is 6.18 Å². The van der Waals surface area contributed by atoms with Crippen LogP contribution in [0.25, 0.3) is 10.2 Å². The van der Waals surface area contributed by atoms with Gasteiger partial charge in [-0.25, -0.2) is 9.97 Å². The highest BCUT2D eigenvalue weighted by molar-refractivity contribution is 7.18. The van der Waals surface area contributed by atoms with Crippen LogP contribution in [0.4, 0.5) is 19.0 Å². The Kier molecular flexibility index (Phi) is 5.74. The third-order valence-electron chi connectivity index (χ3n) is 5.46. The van der Waals surface area contributed by atoms with Crippen molar-refractivity contribution in [3.63, 3.8) is 0 Å². The molecule has 29 heavy (non-hydrogen) atoms. The van der Waals surface area contributed by atoms with Crippen LogP contribution in [0, 0.1) is 0 Å². The van der Waals surface area contributed by atoms with Crippen LogP contribution in [0.5, 0.6) is 0 Å². The topological polar surface area (TPSA) is 41.1 Å². The van der Waals surface area contributed by atoms with E-state index < -0.39 is 12.6 Å². The Balaban J connectivity index is 1.44. The Morgan fingerprint density at radius 1 is 1.17 bits per heavy atom. The summed E-state index contributed by atoms with van der Waals surface area (Å²) in [5.41, 5.74) is 1.26. The first-order valence-corrected chi connectivity index (χ1v) is 10.5. The van der Waals surface area contributed by atoms with Crippen molar-refractivity contribution in [1.82, 2.24) is 15.3 Å². The molecular weight excluding hydrogens is 397 g/mol. The molecule has 1 aliphatic carbocycles. The zero-order chi connectivity index (χ0) is 20.4. The Morgan fingerprint density at radius 3 is 2.72 bits per heavy atom. The molecule has 1 saturated carbocycles. The number of thiophene rings is 1. The molecule has 4 nitrogen and oxygen atoms in total. The van der Waals surface area contributed by atoms with Crippen LogP contribution in [0.15, 0.2) is 42.7 Å². The normalized spacial score (nSPS) is 19.7. The van der Waals surface area contributed by atoms with Crippen LogP contribution in [0.3, 0.4) is 0 Å². The maximum Gasteiger partial charge on any atom is 0.393 e. The van der Waals surface area contributed by atoms with Gasteiger partial charge in [-0.2, -0.15) is 13.2 Å². The van der Waals surface area contributed by atoms with Crippen LogP contribution in [-0.2, 0) is 13.0 Å². The minimum absolute atomic E-state index is 0.275. The molecular formula is C21H23F3N4S. The molecule has 1 fully saturated rings. The number of alkyl halides is 3. The minimum Gasteiger partial charge on any atom is -0.356 e. The van der Waals surface area contributed by atoms with E-state index >= 15 is 0 Å².